The Morgan fingerprint density at radius 1 is 1.55 bits per heavy atom. The molecule has 1 heterocycles. The molecule has 1 aromatic rings. The van der Waals surface area contributed by atoms with Gasteiger partial charge in [0.25, 0.3) is 5.91 Å². The second-order valence-corrected chi connectivity index (χ2v) is 5.99. The summed E-state index contributed by atoms with van der Waals surface area (Å²) in [6.45, 7) is 4.87. The molecule has 110 valence electrons. The highest BCUT2D eigenvalue weighted by molar-refractivity contribution is 6.31. The highest BCUT2D eigenvalue weighted by Gasteiger charge is 2.36. The third kappa shape index (κ3) is 3.14. The summed E-state index contributed by atoms with van der Waals surface area (Å²) in [5, 5.41) is 12.9. The van der Waals surface area contributed by atoms with E-state index in [4.69, 9.17) is 16.3 Å². The number of benzene rings is 1. The number of carbonyl (C=O) groups excluding carboxylic acids is 1. The number of rotatable bonds is 4. The van der Waals surface area contributed by atoms with Crippen LogP contribution in [0.15, 0.2) is 18.2 Å². The van der Waals surface area contributed by atoms with Crippen molar-refractivity contribution in [1.82, 2.24) is 5.32 Å². The van der Waals surface area contributed by atoms with Crippen LogP contribution >= 0.6 is 11.6 Å². The number of hydrogen-bond acceptors (Lipinski definition) is 3. The average molecular weight is 298 g/mol. The van der Waals surface area contributed by atoms with Gasteiger partial charge in [-0.05, 0) is 30.0 Å². The number of nitrogens with one attached hydrogen (secondary N) is 1. The number of ether oxygens (including phenoxy) is 1. The van der Waals surface area contributed by atoms with E-state index < -0.39 is 5.54 Å². The fraction of sp³-hybridized carbons (Fsp3) is 0.533. The van der Waals surface area contributed by atoms with Gasteiger partial charge in [0, 0.05) is 17.2 Å². The van der Waals surface area contributed by atoms with Crippen molar-refractivity contribution in [2.45, 2.75) is 31.7 Å². The van der Waals surface area contributed by atoms with Crippen LogP contribution in [-0.2, 0) is 4.74 Å². The molecule has 1 saturated heterocycles. The molecule has 0 radical (unpaired) electrons. The van der Waals surface area contributed by atoms with Crippen LogP contribution in [0.3, 0.4) is 0 Å². The number of amides is 1. The van der Waals surface area contributed by atoms with Crippen molar-refractivity contribution < 1.29 is 14.6 Å². The summed E-state index contributed by atoms with van der Waals surface area (Å²) >= 11 is 6.20. The van der Waals surface area contributed by atoms with E-state index in [1.54, 1.807) is 12.1 Å². The van der Waals surface area contributed by atoms with Gasteiger partial charge in [0.2, 0.25) is 0 Å². The molecule has 0 spiro atoms. The first-order valence-electron chi connectivity index (χ1n) is 6.78. The summed E-state index contributed by atoms with van der Waals surface area (Å²) in [7, 11) is 0. The molecule has 4 nitrogen and oxygen atoms in total. The molecule has 1 fully saturated rings. The van der Waals surface area contributed by atoms with Gasteiger partial charge in [-0.2, -0.15) is 0 Å². The molecule has 1 aliphatic heterocycles. The summed E-state index contributed by atoms with van der Waals surface area (Å²) in [4.78, 5) is 12.3. The van der Waals surface area contributed by atoms with E-state index >= 15 is 0 Å². The molecule has 1 aromatic carbocycles. The van der Waals surface area contributed by atoms with Gasteiger partial charge in [0.05, 0.1) is 18.8 Å². The molecule has 1 atom stereocenters. The maximum atomic E-state index is 12.3. The summed E-state index contributed by atoms with van der Waals surface area (Å²) in [5.41, 5.74) is 0.851. The van der Waals surface area contributed by atoms with E-state index in [2.05, 4.69) is 19.2 Å². The number of hydrogen-bond donors (Lipinski definition) is 2. The topological polar surface area (TPSA) is 58.6 Å². The second kappa shape index (κ2) is 6.12. The van der Waals surface area contributed by atoms with Crippen LogP contribution in [0, 0.1) is 0 Å². The molecular formula is C15H20ClNO3. The van der Waals surface area contributed by atoms with Gasteiger partial charge >= 0.3 is 0 Å². The van der Waals surface area contributed by atoms with Gasteiger partial charge in [-0.1, -0.05) is 31.5 Å². The first kappa shape index (κ1) is 15.3. The Hall–Kier alpha value is -1.10. The van der Waals surface area contributed by atoms with Crippen molar-refractivity contribution in [3.63, 3.8) is 0 Å². The lowest BCUT2D eigenvalue weighted by atomic mass is 9.98. The molecule has 0 aromatic heterocycles. The molecule has 0 saturated carbocycles. The second-order valence-electron chi connectivity index (χ2n) is 5.59. The molecule has 0 unspecified atom stereocenters. The van der Waals surface area contributed by atoms with Crippen LogP contribution in [0.4, 0.5) is 0 Å². The zero-order valence-electron chi connectivity index (χ0n) is 11.8. The van der Waals surface area contributed by atoms with Gasteiger partial charge in [-0.3, -0.25) is 4.79 Å². The molecule has 20 heavy (non-hydrogen) atoms. The van der Waals surface area contributed by atoms with Gasteiger partial charge < -0.3 is 15.2 Å². The number of aliphatic hydroxyl groups excluding tert-OH is 1. The number of carbonyl (C=O) groups is 1. The smallest absolute Gasteiger partial charge is 0.251 e. The Morgan fingerprint density at radius 2 is 2.30 bits per heavy atom. The minimum absolute atomic E-state index is 0.128. The van der Waals surface area contributed by atoms with E-state index in [0.717, 1.165) is 5.56 Å². The molecule has 0 bridgehead atoms. The number of aliphatic hydroxyl groups is 1. The maximum absolute atomic E-state index is 12.3. The van der Waals surface area contributed by atoms with E-state index in [9.17, 15) is 9.90 Å². The lowest BCUT2D eigenvalue weighted by Gasteiger charge is -2.26. The fourth-order valence-electron chi connectivity index (χ4n) is 2.32. The first-order chi connectivity index (χ1) is 9.47. The molecule has 2 N–H and O–H groups in total. The van der Waals surface area contributed by atoms with Crippen LogP contribution < -0.4 is 5.32 Å². The Balaban J connectivity index is 2.15. The van der Waals surface area contributed by atoms with Crippen molar-refractivity contribution in [3.05, 3.63) is 34.3 Å². The zero-order chi connectivity index (χ0) is 14.8. The van der Waals surface area contributed by atoms with Gasteiger partial charge in [0.1, 0.15) is 0 Å². The largest absolute Gasteiger partial charge is 0.394 e. The summed E-state index contributed by atoms with van der Waals surface area (Å²) in [5.74, 6) is 0.0772. The Bertz CT molecular complexity index is 496. The first-order valence-corrected chi connectivity index (χ1v) is 7.16. The molecule has 2 rings (SSSR count). The lowest BCUT2D eigenvalue weighted by Crippen LogP contribution is -2.52. The summed E-state index contributed by atoms with van der Waals surface area (Å²) in [6.07, 6.45) is 0.618. The summed E-state index contributed by atoms with van der Waals surface area (Å²) in [6, 6.07) is 5.31. The predicted molar refractivity (Wildman–Crippen MR) is 78.3 cm³/mol. The average Bonchev–Trinajstić information content (AvgIpc) is 2.87. The standard InChI is InChI=1S/C15H20ClNO3/c1-10(2)12-4-3-11(7-13(12)16)14(19)17-15(8-18)5-6-20-9-15/h3-4,7,10,18H,5-6,8-9H2,1-2H3,(H,17,19)/t15-/m1/s1. The Morgan fingerprint density at radius 3 is 2.80 bits per heavy atom. The Kier molecular flexibility index (Phi) is 4.68. The van der Waals surface area contributed by atoms with E-state index in [-0.39, 0.29) is 12.5 Å². The van der Waals surface area contributed by atoms with Gasteiger partial charge in [0.15, 0.2) is 0 Å². The van der Waals surface area contributed by atoms with E-state index in [0.29, 0.717) is 36.1 Å². The van der Waals surface area contributed by atoms with Crippen LogP contribution in [-0.4, -0.2) is 36.4 Å². The SMILES string of the molecule is CC(C)c1ccc(C(=O)N[C@@]2(CO)CCOC2)cc1Cl. The van der Waals surface area contributed by atoms with Gasteiger partial charge in [-0.15, -0.1) is 0 Å². The van der Waals surface area contributed by atoms with Crippen molar-refractivity contribution >= 4 is 17.5 Å². The van der Waals surface area contributed by atoms with Crippen molar-refractivity contribution in [1.29, 1.82) is 0 Å². The molecule has 5 heteroatoms. The quantitative estimate of drug-likeness (QED) is 0.897. The summed E-state index contributed by atoms with van der Waals surface area (Å²) < 4.78 is 5.26. The monoisotopic (exact) mass is 297 g/mol. The molecule has 1 aliphatic rings. The van der Waals surface area contributed by atoms with Crippen LogP contribution in [0.1, 0.15) is 42.1 Å². The maximum Gasteiger partial charge on any atom is 0.251 e. The van der Waals surface area contributed by atoms with Gasteiger partial charge in [-0.25, -0.2) is 0 Å². The lowest BCUT2D eigenvalue weighted by molar-refractivity contribution is 0.0789. The molecule has 0 aliphatic carbocycles. The molecule has 1 amide bonds. The third-order valence-corrected chi connectivity index (χ3v) is 4.00. The van der Waals surface area contributed by atoms with Crippen molar-refractivity contribution in [3.8, 4) is 0 Å². The Labute approximate surface area is 124 Å². The number of halogens is 1. The minimum atomic E-state index is -0.666. The minimum Gasteiger partial charge on any atom is -0.394 e. The van der Waals surface area contributed by atoms with Crippen molar-refractivity contribution in [2.75, 3.05) is 19.8 Å². The molecular weight excluding hydrogens is 278 g/mol. The van der Waals surface area contributed by atoms with Crippen LogP contribution in [0.5, 0.6) is 0 Å². The van der Waals surface area contributed by atoms with Crippen molar-refractivity contribution in [2.24, 2.45) is 0 Å². The van der Waals surface area contributed by atoms with Crippen LogP contribution in [0.25, 0.3) is 0 Å². The fourth-order valence-corrected chi connectivity index (χ4v) is 2.72. The third-order valence-electron chi connectivity index (χ3n) is 3.67. The predicted octanol–water partition coefficient (Wildman–Crippen LogP) is 2.34. The van der Waals surface area contributed by atoms with Crippen LogP contribution in [0.2, 0.25) is 5.02 Å². The van der Waals surface area contributed by atoms with E-state index in [1.807, 2.05) is 6.07 Å². The normalized spacial score (nSPS) is 22.2. The highest BCUT2D eigenvalue weighted by atomic mass is 35.5. The van der Waals surface area contributed by atoms with E-state index in [1.165, 1.54) is 0 Å². The highest BCUT2D eigenvalue weighted by Crippen LogP contribution is 2.26. The zero-order valence-corrected chi connectivity index (χ0v) is 12.5.